The van der Waals surface area contributed by atoms with E-state index in [4.69, 9.17) is 0 Å². The highest BCUT2D eigenvalue weighted by Gasteiger charge is 2.21. The van der Waals surface area contributed by atoms with Gasteiger partial charge >= 0.3 is 0 Å². The summed E-state index contributed by atoms with van der Waals surface area (Å²) in [6.45, 7) is 3.02. The lowest BCUT2D eigenvalue weighted by atomic mass is 10.4. The summed E-state index contributed by atoms with van der Waals surface area (Å²) in [4.78, 5) is 13.2. The van der Waals surface area contributed by atoms with Crippen LogP contribution in [0.1, 0.15) is 32.1 Å². The van der Waals surface area contributed by atoms with Gasteiger partial charge in [-0.2, -0.15) is 0 Å². The third-order valence-electron chi connectivity index (χ3n) is 2.79. The number of carbonyl (C=O) groups excluding carboxylic acids is 1. The first-order valence-electron chi connectivity index (χ1n) is 5.37. The molecule has 3 heteroatoms. The highest BCUT2D eigenvalue weighted by molar-refractivity contribution is 5.77. The lowest BCUT2D eigenvalue weighted by Crippen LogP contribution is -2.28. The molecule has 13 heavy (non-hydrogen) atoms. The van der Waals surface area contributed by atoms with Crippen molar-refractivity contribution in [3.8, 4) is 0 Å². The van der Waals surface area contributed by atoms with Gasteiger partial charge in [0.2, 0.25) is 5.91 Å². The van der Waals surface area contributed by atoms with Crippen LogP contribution in [0, 0.1) is 0 Å². The number of rotatable bonds is 5. The molecular weight excluding hydrogens is 164 g/mol. The van der Waals surface area contributed by atoms with E-state index in [1.807, 2.05) is 4.90 Å². The van der Waals surface area contributed by atoms with E-state index in [0.29, 0.717) is 5.91 Å². The molecule has 2 fully saturated rings. The fraction of sp³-hybridized carbons (Fsp3) is 0.900. The van der Waals surface area contributed by atoms with Crippen LogP contribution < -0.4 is 5.32 Å². The highest BCUT2D eigenvalue weighted by Crippen LogP contribution is 2.18. The zero-order valence-corrected chi connectivity index (χ0v) is 8.09. The second-order valence-corrected chi connectivity index (χ2v) is 4.07. The van der Waals surface area contributed by atoms with Gasteiger partial charge in [0.1, 0.15) is 0 Å². The molecule has 1 aliphatic heterocycles. The van der Waals surface area contributed by atoms with Gasteiger partial charge in [0.05, 0.1) is 0 Å². The zero-order valence-electron chi connectivity index (χ0n) is 8.09. The number of carbonyl (C=O) groups is 1. The molecule has 3 nitrogen and oxygen atoms in total. The summed E-state index contributed by atoms with van der Waals surface area (Å²) in [7, 11) is 0. The summed E-state index contributed by atoms with van der Waals surface area (Å²) >= 11 is 0. The molecule has 74 valence electrons. The van der Waals surface area contributed by atoms with E-state index < -0.39 is 0 Å². The third kappa shape index (κ3) is 2.69. The van der Waals surface area contributed by atoms with Gasteiger partial charge in [0.25, 0.3) is 0 Å². The van der Waals surface area contributed by atoms with Crippen molar-refractivity contribution in [2.75, 3.05) is 19.6 Å². The van der Waals surface area contributed by atoms with Crippen LogP contribution in [0.3, 0.4) is 0 Å². The molecule has 0 aromatic rings. The summed E-state index contributed by atoms with van der Waals surface area (Å²) in [6, 6.07) is 0.800. The van der Waals surface area contributed by atoms with Crippen LogP contribution in [0.5, 0.6) is 0 Å². The molecule has 0 radical (unpaired) electrons. The van der Waals surface area contributed by atoms with E-state index in [-0.39, 0.29) is 0 Å². The molecule has 0 atom stereocenters. The van der Waals surface area contributed by atoms with Crippen molar-refractivity contribution in [3.05, 3.63) is 0 Å². The predicted molar refractivity (Wildman–Crippen MR) is 51.5 cm³/mol. The van der Waals surface area contributed by atoms with Crippen LogP contribution in [0.15, 0.2) is 0 Å². The molecule has 2 aliphatic rings. The summed E-state index contributed by atoms with van der Waals surface area (Å²) in [5.41, 5.74) is 0. The van der Waals surface area contributed by atoms with Crippen LogP contribution in [0.25, 0.3) is 0 Å². The minimum Gasteiger partial charge on any atom is -0.343 e. The smallest absolute Gasteiger partial charge is 0.222 e. The second-order valence-electron chi connectivity index (χ2n) is 4.07. The number of hydrogen-bond acceptors (Lipinski definition) is 2. The van der Waals surface area contributed by atoms with Crippen molar-refractivity contribution in [2.24, 2.45) is 0 Å². The van der Waals surface area contributed by atoms with Crippen LogP contribution in [-0.2, 0) is 4.79 Å². The predicted octanol–water partition coefficient (Wildman–Crippen LogP) is 0.751. The van der Waals surface area contributed by atoms with Crippen molar-refractivity contribution >= 4 is 5.91 Å². The Labute approximate surface area is 79.5 Å². The van der Waals surface area contributed by atoms with Gasteiger partial charge < -0.3 is 10.2 Å². The minimum absolute atomic E-state index is 0.353. The Morgan fingerprint density at radius 2 is 2.31 bits per heavy atom. The first-order chi connectivity index (χ1) is 6.36. The van der Waals surface area contributed by atoms with Crippen molar-refractivity contribution in [1.29, 1.82) is 0 Å². The molecule has 0 aromatic heterocycles. The Morgan fingerprint density at radius 1 is 1.46 bits per heavy atom. The molecule has 1 saturated heterocycles. The quantitative estimate of drug-likeness (QED) is 0.636. The van der Waals surface area contributed by atoms with Crippen LogP contribution in [0.2, 0.25) is 0 Å². The molecule has 1 heterocycles. The van der Waals surface area contributed by atoms with Crippen LogP contribution >= 0.6 is 0 Å². The van der Waals surface area contributed by atoms with Crippen molar-refractivity contribution in [1.82, 2.24) is 10.2 Å². The fourth-order valence-corrected chi connectivity index (χ4v) is 1.80. The standard InChI is InChI=1S/C10H18N2O/c13-10-3-1-7-12(10)8-2-6-11-9-4-5-9/h9,11H,1-8H2. The second kappa shape index (κ2) is 4.09. The van der Waals surface area contributed by atoms with Gasteiger partial charge in [-0.3, -0.25) is 4.79 Å². The molecule has 1 amide bonds. The maximum absolute atomic E-state index is 11.2. The van der Waals surface area contributed by atoms with E-state index in [9.17, 15) is 4.79 Å². The third-order valence-corrected chi connectivity index (χ3v) is 2.79. The Kier molecular flexibility index (Phi) is 2.83. The molecule has 0 unspecified atom stereocenters. The van der Waals surface area contributed by atoms with E-state index in [1.165, 1.54) is 12.8 Å². The average Bonchev–Trinajstić information content (AvgIpc) is 2.86. The SMILES string of the molecule is O=C1CCCN1CCCNC1CC1. The lowest BCUT2D eigenvalue weighted by molar-refractivity contribution is -0.127. The van der Waals surface area contributed by atoms with E-state index in [2.05, 4.69) is 5.32 Å². The zero-order chi connectivity index (χ0) is 9.10. The lowest BCUT2D eigenvalue weighted by Gasteiger charge is -2.14. The largest absolute Gasteiger partial charge is 0.343 e. The number of likely N-dealkylation sites (tertiary alicyclic amines) is 1. The number of nitrogens with zero attached hydrogens (tertiary/aromatic N) is 1. The van der Waals surface area contributed by atoms with Crippen LogP contribution in [-0.4, -0.2) is 36.5 Å². The van der Waals surface area contributed by atoms with Crippen molar-refractivity contribution < 1.29 is 4.79 Å². The summed E-state index contributed by atoms with van der Waals surface area (Å²) in [5.74, 6) is 0.353. The molecule has 0 aromatic carbocycles. The molecular formula is C10H18N2O. The summed E-state index contributed by atoms with van der Waals surface area (Å²) in [6.07, 6.45) is 5.65. The number of nitrogens with one attached hydrogen (secondary N) is 1. The number of hydrogen-bond donors (Lipinski definition) is 1. The van der Waals surface area contributed by atoms with Crippen molar-refractivity contribution in [3.63, 3.8) is 0 Å². The molecule has 2 rings (SSSR count). The normalized spacial score (nSPS) is 22.8. The first-order valence-corrected chi connectivity index (χ1v) is 5.37. The average molecular weight is 182 g/mol. The molecule has 0 bridgehead atoms. The van der Waals surface area contributed by atoms with Gasteiger partial charge in [-0.15, -0.1) is 0 Å². The van der Waals surface area contributed by atoms with Gasteiger partial charge in [-0.1, -0.05) is 0 Å². The Balaban J connectivity index is 1.53. The van der Waals surface area contributed by atoms with E-state index in [1.54, 1.807) is 0 Å². The first kappa shape index (κ1) is 9.00. The molecule has 1 aliphatic carbocycles. The Morgan fingerprint density at radius 3 is 2.92 bits per heavy atom. The summed E-state index contributed by atoms with van der Waals surface area (Å²) < 4.78 is 0. The van der Waals surface area contributed by atoms with Gasteiger partial charge in [0, 0.05) is 25.6 Å². The summed E-state index contributed by atoms with van der Waals surface area (Å²) in [5, 5.41) is 3.46. The minimum atomic E-state index is 0.353. The Bertz CT molecular complexity index is 189. The molecule has 1 saturated carbocycles. The monoisotopic (exact) mass is 182 g/mol. The topological polar surface area (TPSA) is 32.3 Å². The Hall–Kier alpha value is -0.570. The molecule has 1 N–H and O–H groups in total. The maximum atomic E-state index is 11.2. The maximum Gasteiger partial charge on any atom is 0.222 e. The van der Waals surface area contributed by atoms with E-state index >= 15 is 0 Å². The highest BCUT2D eigenvalue weighted by atomic mass is 16.2. The van der Waals surface area contributed by atoms with Gasteiger partial charge in [-0.25, -0.2) is 0 Å². The van der Waals surface area contributed by atoms with Crippen molar-refractivity contribution in [2.45, 2.75) is 38.1 Å². The fourth-order valence-electron chi connectivity index (χ4n) is 1.80. The van der Waals surface area contributed by atoms with E-state index in [0.717, 1.165) is 44.9 Å². The van der Waals surface area contributed by atoms with Gasteiger partial charge in [-0.05, 0) is 32.2 Å². The van der Waals surface area contributed by atoms with Crippen LogP contribution in [0.4, 0.5) is 0 Å². The van der Waals surface area contributed by atoms with Gasteiger partial charge in [0.15, 0.2) is 0 Å². The molecule has 0 spiro atoms. The number of amides is 1.